The van der Waals surface area contributed by atoms with Gasteiger partial charge in [-0.15, -0.1) is 0 Å². The van der Waals surface area contributed by atoms with E-state index < -0.39 is 0 Å². The molecule has 0 radical (unpaired) electrons. The maximum absolute atomic E-state index is 5.51. The van der Waals surface area contributed by atoms with Crippen LogP contribution in [-0.2, 0) is 4.84 Å². The number of benzene rings is 1. The van der Waals surface area contributed by atoms with Gasteiger partial charge in [0.1, 0.15) is 0 Å². The smallest absolute Gasteiger partial charge is 0.163 e. The highest BCUT2D eigenvalue weighted by Gasteiger charge is 1.93. The Hall–Kier alpha value is -1.06. The van der Waals surface area contributed by atoms with Crippen LogP contribution in [0.15, 0.2) is 24.3 Å². The molecule has 0 fully saturated rings. The van der Waals surface area contributed by atoms with E-state index in [1.54, 1.807) is 12.6 Å². The third kappa shape index (κ3) is 1.72. The van der Waals surface area contributed by atoms with Crippen molar-refractivity contribution < 1.29 is 10.3 Å². The Balaban J connectivity index is 2.75. The van der Waals surface area contributed by atoms with E-state index in [9.17, 15) is 0 Å². The van der Waals surface area contributed by atoms with E-state index in [1.165, 1.54) is 0 Å². The minimum atomic E-state index is 0.755. The fourth-order valence-corrected chi connectivity index (χ4v) is 0.768. The van der Waals surface area contributed by atoms with Crippen molar-refractivity contribution in [1.82, 2.24) is 0 Å². The molecule has 3 nitrogen and oxygen atoms in total. The highest BCUT2D eigenvalue weighted by molar-refractivity contribution is 5.46. The molecule has 0 aromatic heterocycles. The molecule has 1 aromatic rings. The van der Waals surface area contributed by atoms with Crippen LogP contribution in [0.25, 0.3) is 0 Å². The Morgan fingerprint density at radius 3 is 2.90 bits per heavy atom. The normalized spacial score (nSPS) is 9.70. The molecule has 0 amide bonds. The average Bonchev–Trinajstić information content (AvgIpc) is 1.88. The van der Waals surface area contributed by atoms with Crippen molar-refractivity contribution in [2.45, 2.75) is 0 Å². The third-order valence-corrected chi connectivity index (χ3v) is 1.16. The van der Waals surface area contributed by atoms with Crippen LogP contribution in [-0.4, -0.2) is 7.11 Å². The largest absolute Gasteiger partial charge is 0.399 e. The average molecular weight is 139 g/mol. The zero-order valence-electron chi connectivity index (χ0n) is 5.87. The molecule has 1 aromatic carbocycles. The molecule has 0 aliphatic carbocycles. The van der Waals surface area contributed by atoms with Crippen LogP contribution >= 0.6 is 0 Å². The van der Waals surface area contributed by atoms with Crippen LogP contribution < -0.4 is 11.2 Å². The van der Waals surface area contributed by atoms with Gasteiger partial charge in [0.15, 0.2) is 5.69 Å². The van der Waals surface area contributed by atoms with Crippen LogP contribution in [0.5, 0.6) is 0 Å². The maximum atomic E-state index is 5.51. The summed E-state index contributed by atoms with van der Waals surface area (Å²) in [7, 11) is 1.61. The molecule has 0 aliphatic heterocycles. The number of anilines is 1. The van der Waals surface area contributed by atoms with Gasteiger partial charge in [-0.1, -0.05) is 6.07 Å². The van der Waals surface area contributed by atoms with E-state index in [-0.39, 0.29) is 0 Å². The number of nitrogen functional groups attached to an aromatic ring is 1. The van der Waals surface area contributed by atoms with Gasteiger partial charge in [0.25, 0.3) is 0 Å². The van der Waals surface area contributed by atoms with Gasteiger partial charge in [-0.2, -0.15) is 5.48 Å². The summed E-state index contributed by atoms with van der Waals surface area (Å²) in [4.78, 5) is 4.80. The summed E-state index contributed by atoms with van der Waals surface area (Å²) in [6.45, 7) is 0. The molecule has 54 valence electrons. The predicted molar refractivity (Wildman–Crippen MR) is 39.4 cm³/mol. The molecule has 0 atom stereocenters. The van der Waals surface area contributed by atoms with Crippen molar-refractivity contribution in [2.24, 2.45) is 0 Å². The lowest BCUT2D eigenvalue weighted by molar-refractivity contribution is -0.830. The second-order valence-corrected chi connectivity index (χ2v) is 2.02. The summed E-state index contributed by atoms with van der Waals surface area (Å²) < 4.78 is 0. The SMILES string of the molecule is CO[NH2+]c1cccc(N)c1. The molecule has 0 saturated heterocycles. The summed E-state index contributed by atoms with van der Waals surface area (Å²) in [5.41, 5.74) is 8.91. The van der Waals surface area contributed by atoms with E-state index in [4.69, 9.17) is 10.6 Å². The first-order valence-corrected chi connectivity index (χ1v) is 3.04. The monoisotopic (exact) mass is 139 g/mol. The molecule has 0 heterocycles. The van der Waals surface area contributed by atoms with Gasteiger partial charge in [0, 0.05) is 17.8 Å². The first-order valence-electron chi connectivity index (χ1n) is 3.04. The molecule has 10 heavy (non-hydrogen) atoms. The minimum absolute atomic E-state index is 0.755. The Kier molecular flexibility index (Phi) is 2.25. The minimum Gasteiger partial charge on any atom is -0.399 e. The van der Waals surface area contributed by atoms with Gasteiger partial charge in [-0.3, -0.25) is 0 Å². The zero-order chi connectivity index (χ0) is 7.40. The lowest BCUT2D eigenvalue weighted by Crippen LogP contribution is -2.75. The van der Waals surface area contributed by atoms with Crippen molar-refractivity contribution in [3.8, 4) is 0 Å². The molecule has 4 N–H and O–H groups in total. The van der Waals surface area contributed by atoms with Crippen molar-refractivity contribution in [3.05, 3.63) is 24.3 Å². The Morgan fingerprint density at radius 2 is 2.30 bits per heavy atom. The van der Waals surface area contributed by atoms with E-state index in [2.05, 4.69) is 0 Å². The number of hydrogen-bond acceptors (Lipinski definition) is 2. The number of quaternary nitrogens is 1. The molecule has 0 saturated carbocycles. The quantitative estimate of drug-likeness (QED) is 0.448. The summed E-state index contributed by atoms with van der Waals surface area (Å²) in [5.74, 6) is 0. The Morgan fingerprint density at radius 1 is 1.50 bits per heavy atom. The predicted octanol–water partition coefficient (Wildman–Crippen LogP) is 0.0251. The van der Waals surface area contributed by atoms with Crippen LogP contribution in [0.4, 0.5) is 11.4 Å². The Bertz CT molecular complexity index is 213. The second-order valence-electron chi connectivity index (χ2n) is 2.02. The van der Waals surface area contributed by atoms with E-state index in [0.717, 1.165) is 11.4 Å². The fraction of sp³-hybridized carbons (Fsp3) is 0.143. The van der Waals surface area contributed by atoms with E-state index in [0.29, 0.717) is 0 Å². The highest BCUT2D eigenvalue weighted by atomic mass is 16.6. The first kappa shape index (κ1) is 7.05. The molecular formula is C7H11N2O+. The molecule has 0 aliphatic rings. The standard InChI is InChI=1S/C7H10N2O/c1-10-9-7-4-2-3-6(8)5-7/h2-5,9H,8H2,1H3/p+1. The van der Waals surface area contributed by atoms with Gasteiger partial charge in [0.2, 0.25) is 0 Å². The lowest BCUT2D eigenvalue weighted by Gasteiger charge is -1.95. The van der Waals surface area contributed by atoms with Crippen molar-refractivity contribution in [3.63, 3.8) is 0 Å². The molecule has 0 bridgehead atoms. The second kappa shape index (κ2) is 3.20. The first-order chi connectivity index (χ1) is 4.83. The highest BCUT2D eigenvalue weighted by Crippen LogP contribution is 2.05. The Labute approximate surface area is 59.8 Å². The third-order valence-electron chi connectivity index (χ3n) is 1.16. The van der Waals surface area contributed by atoms with Crippen molar-refractivity contribution >= 4 is 11.4 Å². The summed E-state index contributed by atoms with van der Waals surface area (Å²) in [5, 5.41) is 0. The van der Waals surface area contributed by atoms with Gasteiger partial charge in [0.05, 0.1) is 7.11 Å². The van der Waals surface area contributed by atoms with Crippen molar-refractivity contribution in [2.75, 3.05) is 12.8 Å². The molecular weight excluding hydrogens is 128 g/mol. The number of rotatable bonds is 2. The van der Waals surface area contributed by atoms with E-state index >= 15 is 0 Å². The summed E-state index contributed by atoms with van der Waals surface area (Å²) in [6.07, 6.45) is 0. The molecule has 0 spiro atoms. The van der Waals surface area contributed by atoms with Crippen LogP contribution in [0, 0.1) is 0 Å². The van der Waals surface area contributed by atoms with Gasteiger partial charge in [-0.05, 0) is 6.07 Å². The van der Waals surface area contributed by atoms with E-state index in [1.807, 2.05) is 24.3 Å². The van der Waals surface area contributed by atoms with Crippen LogP contribution in [0.2, 0.25) is 0 Å². The lowest BCUT2D eigenvalue weighted by atomic mass is 10.3. The molecule has 3 heteroatoms. The summed E-state index contributed by atoms with van der Waals surface area (Å²) >= 11 is 0. The summed E-state index contributed by atoms with van der Waals surface area (Å²) in [6, 6.07) is 7.51. The molecule has 0 unspecified atom stereocenters. The van der Waals surface area contributed by atoms with Crippen LogP contribution in [0.1, 0.15) is 0 Å². The number of hydrogen-bond donors (Lipinski definition) is 2. The van der Waals surface area contributed by atoms with Gasteiger partial charge in [-0.25, -0.2) is 4.84 Å². The zero-order valence-corrected chi connectivity index (χ0v) is 5.87. The topological polar surface area (TPSA) is 51.9 Å². The number of nitrogens with two attached hydrogens (primary N) is 2. The maximum Gasteiger partial charge on any atom is 0.163 e. The van der Waals surface area contributed by atoms with Crippen LogP contribution in [0.3, 0.4) is 0 Å². The van der Waals surface area contributed by atoms with Gasteiger partial charge >= 0.3 is 0 Å². The van der Waals surface area contributed by atoms with Gasteiger partial charge < -0.3 is 5.73 Å². The molecule has 1 rings (SSSR count). The van der Waals surface area contributed by atoms with Crippen molar-refractivity contribution in [1.29, 1.82) is 0 Å². The fourth-order valence-electron chi connectivity index (χ4n) is 0.768.